The Labute approximate surface area is 110 Å². The fourth-order valence-electron chi connectivity index (χ4n) is 3.83. The minimum Gasteiger partial charge on any atom is -0.392 e. The molecule has 5 unspecified atom stereocenters. The van der Waals surface area contributed by atoms with E-state index in [0.29, 0.717) is 11.8 Å². The van der Waals surface area contributed by atoms with Gasteiger partial charge < -0.3 is 5.11 Å². The molecule has 0 aliphatic heterocycles. The molecule has 1 nitrogen and oxygen atoms in total. The predicted molar refractivity (Wildman–Crippen MR) is 74.6 cm³/mol. The number of hydrogen-bond acceptors (Lipinski definition) is 1. The molecule has 0 radical (unpaired) electrons. The van der Waals surface area contributed by atoms with Crippen molar-refractivity contribution in [3.05, 3.63) is 35.4 Å². The van der Waals surface area contributed by atoms with Crippen LogP contribution in [0.3, 0.4) is 0 Å². The van der Waals surface area contributed by atoms with E-state index in [1.165, 1.54) is 30.4 Å². The van der Waals surface area contributed by atoms with Gasteiger partial charge >= 0.3 is 0 Å². The monoisotopic (exact) mass is 244 g/mol. The molecule has 3 rings (SSSR count). The molecule has 0 heterocycles. The maximum atomic E-state index is 10.6. The number of benzene rings is 1. The third-order valence-electron chi connectivity index (χ3n) is 5.43. The lowest BCUT2D eigenvalue weighted by Crippen LogP contribution is -2.37. The molecule has 2 aliphatic carbocycles. The maximum absolute atomic E-state index is 10.6. The normalized spacial score (nSPS) is 36.6. The number of fused-ring (bicyclic) bond motifs is 1. The number of aliphatic hydroxyl groups is 1. The molecular weight excluding hydrogens is 220 g/mol. The first-order valence-electron chi connectivity index (χ1n) is 7.42. The van der Waals surface area contributed by atoms with Crippen LogP contribution in [0.1, 0.15) is 50.2 Å². The Morgan fingerprint density at radius 2 is 1.89 bits per heavy atom. The van der Waals surface area contributed by atoms with E-state index in [4.69, 9.17) is 0 Å². The highest BCUT2D eigenvalue weighted by atomic mass is 16.3. The van der Waals surface area contributed by atoms with Gasteiger partial charge in [0.05, 0.1) is 6.10 Å². The van der Waals surface area contributed by atoms with Crippen LogP contribution in [0.25, 0.3) is 0 Å². The molecule has 1 fully saturated rings. The zero-order valence-electron chi connectivity index (χ0n) is 11.5. The molecule has 1 aromatic rings. The van der Waals surface area contributed by atoms with Crippen LogP contribution in [0.15, 0.2) is 24.3 Å². The average Bonchev–Trinajstić information content (AvgIpc) is 2.34. The van der Waals surface area contributed by atoms with Crippen molar-refractivity contribution in [3.63, 3.8) is 0 Å². The molecule has 98 valence electrons. The second-order valence-corrected chi connectivity index (χ2v) is 6.53. The molecule has 0 amide bonds. The van der Waals surface area contributed by atoms with Crippen LogP contribution in [0.4, 0.5) is 0 Å². The Kier molecular flexibility index (Phi) is 3.19. The van der Waals surface area contributed by atoms with Gasteiger partial charge in [0.15, 0.2) is 0 Å². The summed E-state index contributed by atoms with van der Waals surface area (Å²) in [6, 6.07) is 8.60. The van der Waals surface area contributed by atoms with Crippen LogP contribution < -0.4 is 0 Å². The van der Waals surface area contributed by atoms with Crippen molar-refractivity contribution in [2.45, 2.75) is 51.6 Å². The lowest BCUT2D eigenvalue weighted by molar-refractivity contribution is 0.0313. The van der Waals surface area contributed by atoms with E-state index in [1.807, 2.05) is 0 Å². The van der Waals surface area contributed by atoms with Gasteiger partial charge in [-0.3, -0.25) is 0 Å². The molecular formula is C17H24O. The van der Waals surface area contributed by atoms with E-state index in [1.54, 1.807) is 0 Å². The first-order valence-corrected chi connectivity index (χ1v) is 7.42. The van der Waals surface area contributed by atoms with E-state index >= 15 is 0 Å². The van der Waals surface area contributed by atoms with Crippen LogP contribution in [0, 0.1) is 17.8 Å². The second kappa shape index (κ2) is 4.70. The lowest BCUT2D eigenvalue weighted by atomic mass is 9.66. The van der Waals surface area contributed by atoms with Gasteiger partial charge in [-0.05, 0) is 48.1 Å². The van der Waals surface area contributed by atoms with E-state index in [0.717, 1.165) is 18.3 Å². The minimum absolute atomic E-state index is 0.116. The molecule has 0 aromatic heterocycles. The van der Waals surface area contributed by atoms with Gasteiger partial charge in [0.1, 0.15) is 0 Å². The van der Waals surface area contributed by atoms with E-state index in [2.05, 4.69) is 38.1 Å². The smallest absolute Gasteiger partial charge is 0.0640 e. The Morgan fingerprint density at radius 1 is 1.11 bits per heavy atom. The summed E-state index contributed by atoms with van der Waals surface area (Å²) in [7, 11) is 0. The van der Waals surface area contributed by atoms with E-state index in [9.17, 15) is 5.11 Å². The molecule has 0 saturated heterocycles. The number of hydrogen-bond donors (Lipinski definition) is 1. The molecule has 1 heteroatoms. The van der Waals surface area contributed by atoms with Crippen molar-refractivity contribution in [1.82, 2.24) is 0 Å². The minimum atomic E-state index is -0.116. The summed E-state index contributed by atoms with van der Waals surface area (Å²) in [5.74, 6) is 2.54. The third kappa shape index (κ3) is 1.99. The summed E-state index contributed by atoms with van der Waals surface area (Å²) in [6.07, 6.45) is 4.68. The van der Waals surface area contributed by atoms with Gasteiger partial charge in [0, 0.05) is 5.92 Å². The summed E-state index contributed by atoms with van der Waals surface area (Å²) >= 11 is 0. The van der Waals surface area contributed by atoms with Gasteiger partial charge in [-0.2, -0.15) is 0 Å². The first-order chi connectivity index (χ1) is 8.66. The largest absolute Gasteiger partial charge is 0.392 e. The highest BCUT2D eigenvalue weighted by Crippen LogP contribution is 2.44. The predicted octanol–water partition coefficient (Wildman–Crippen LogP) is 3.76. The van der Waals surface area contributed by atoms with Gasteiger partial charge in [-0.25, -0.2) is 0 Å². The van der Waals surface area contributed by atoms with Crippen LogP contribution in [0.5, 0.6) is 0 Å². The Bertz CT molecular complexity index is 425. The molecule has 0 bridgehead atoms. The van der Waals surface area contributed by atoms with Gasteiger partial charge in [-0.15, -0.1) is 0 Å². The lowest BCUT2D eigenvalue weighted by Gasteiger charge is -2.41. The molecule has 5 atom stereocenters. The van der Waals surface area contributed by atoms with Crippen LogP contribution in [-0.2, 0) is 6.42 Å². The van der Waals surface area contributed by atoms with Crippen molar-refractivity contribution < 1.29 is 5.11 Å². The third-order valence-corrected chi connectivity index (χ3v) is 5.43. The molecule has 1 aromatic carbocycles. The Hall–Kier alpha value is -0.820. The summed E-state index contributed by atoms with van der Waals surface area (Å²) in [5, 5.41) is 10.6. The molecule has 2 aliphatic rings. The van der Waals surface area contributed by atoms with Crippen molar-refractivity contribution in [2.75, 3.05) is 0 Å². The fraction of sp³-hybridized carbons (Fsp3) is 0.647. The van der Waals surface area contributed by atoms with E-state index in [-0.39, 0.29) is 6.10 Å². The zero-order chi connectivity index (χ0) is 12.7. The van der Waals surface area contributed by atoms with Crippen molar-refractivity contribution >= 4 is 0 Å². The number of rotatable bonds is 2. The van der Waals surface area contributed by atoms with E-state index < -0.39 is 0 Å². The molecule has 18 heavy (non-hydrogen) atoms. The topological polar surface area (TPSA) is 20.2 Å². The second-order valence-electron chi connectivity index (χ2n) is 6.53. The van der Waals surface area contributed by atoms with Crippen LogP contribution in [-0.4, -0.2) is 11.2 Å². The standard InChI is InChI=1S/C17H24O/c1-11-7-8-14(9-12(11)2)17(18)16-10-13-5-3-4-6-15(13)16/h3-6,11-12,14,16-18H,7-10H2,1-2H3. The highest BCUT2D eigenvalue weighted by Gasteiger charge is 2.38. The van der Waals surface area contributed by atoms with Crippen molar-refractivity contribution in [1.29, 1.82) is 0 Å². The highest BCUT2D eigenvalue weighted by molar-refractivity contribution is 5.40. The molecule has 1 saturated carbocycles. The number of aliphatic hydroxyl groups excluding tert-OH is 1. The zero-order valence-corrected chi connectivity index (χ0v) is 11.5. The Balaban J connectivity index is 1.68. The summed E-state index contributed by atoms with van der Waals surface area (Å²) in [5.41, 5.74) is 2.84. The quantitative estimate of drug-likeness (QED) is 0.840. The Morgan fingerprint density at radius 3 is 2.61 bits per heavy atom. The summed E-state index contributed by atoms with van der Waals surface area (Å²) < 4.78 is 0. The average molecular weight is 244 g/mol. The fourth-order valence-corrected chi connectivity index (χ4v) is 3.83. The summed E-state index contributed by atoms with van der Waals surface area (Å²) in [4.78, 5) is 0. The maximum Gasteiger partial charge on any atom is 0.0640 e. The van der Waals surface area contributed by atoms with Gasteiger partial charge in [-0.1, -0.05) is 44.5 Å². The molecule has 0 spiro atoms. The SMILES string of the molecule is CC1CCC(C(O)C2Cc3ccccc32)CC1C. The summed E-state index contributed by atoms with van der Waals surface area (Å²) in [6.45, 7) is 4.70. The molecule has 1 N–H and O–H groups in total. The van der Waals surface area contributed by atoms with Gasteiger partial charge in [0.2, 0.25) is 0 Å². The first kappa shape index (κ1) is 12.2. The van der Waals surface area contributed by atoms with Gasteiger partial charge in [0.25, 0.3) is 0 Å². The van der Waals surface area contributed by atoms with Crippen molar-refractivity contribution in [2.24, 2.45) is 17.8 Å². The van der Waals surface area contributed by atoms with Crippen LogP contribution in [0.2, 0.25) is 0 Å². The van der Waals surface area contributed by atoms with Crippen LogP contribution >= 0.6 is 0 Å². The van der Waals surface area contributed by atoms with Crippen molar-refractivity contribution in [3.8, 4) is 0 Å².